The van der Waals surface area contributed by atoms with Crippen molar-refractivity contribution in [2.75, 3.05) is 11.5 Å². The highest BCUT2D eigenvalue weighted by Crippen LogP contribution is 2.43. The number of ether oxygens (including phenoxy) is 1. The van der Waals surface area contributed by atoms with Gasteiger partial charge in [-0.2, -0.15) is 0 Å². The van der Waals surface area contributed by atoms with Gasteiger partial charge in [0.2, 0.25) is 0 Å². The van der Waals surface area contributed by atoms with Gasteiger partial charge in [-0.1, -0.05) is 71.5 Å². The number of ketones is 1. The summed E-state index contributed by atoms with van der Waals surface area (Å²) >= 11 is 0.984. The maximum absolute atomic E-state index is 13.2. The first-order chi connectivity index (χ1) is 15.8. The molecule has 7 nitrogen and oxygen atoms in total. The highest BCUT2D eigenvalue weighted by molar-refractivity contribution is 7.17. The van der Waals surface area contributed by atoms with E-state index in [1.807, 2.05) is 25.1 Å². The summed E-state index contributed by atoms with van der Waals surface area (Å²) < 4.78 is 5.08. The number of benzene rings is 2. The van der Waals surface area contributed by atoms with Gasteiger partial charge in [-0.05, 0) is 26.3 Å². The zero-order valence-corrected chi connectivity index (χ0v) is 19.2. The van der Waals surface area contributed by atoms with E-state index >= 15 is 0 Å². The van der Waals surface area contributed by atoms with Gasteiger partial charge >= 0.3 is 11.9 Å². The summed E-state index contributed by atoms with van der Waals surface area (Å²) in [6.45, 7) is 5.47. The first-order valence-corrected chi connectivity index (χ1v) is 11.2. The lowest BCUT2D eigenvalue weighted by Gasteiger charge is -2.23. The molecule has 33 heavy (non-hydrogen) atoms. The smallest absolute Gasteiger partial charge is 0.350 e. The number of anilines is 1. The number of hydrogen-bond acceptors (Lipinski definition) is 7. The number of aliphatic hydroxyl groups excluding tert-OH is 1. The molecule has 4 rings (SSSR count). The molecule has 0 radical (unpaired) electrons. The van der Waals surface area contributed by atoms with E-state index in [1.54, 1.807) is 50.2 Å². The number of Topliss-reactive ketones (excluding diaryl/α,β-unsaturated/α-hetero) is 1. The second-order valence-electron chi connectivity index (χ2n) is 7.58. The monoisotopic (exact) mass is 462 g/mol. The molecule has 2 aromatic carbocycles. The average Bonchev–Trinajstić information content (AvgIpc) is 3.31. The Kier molecular flexibility index (Phi) is 6.11. The summed E-state index contributed by atoms with van der Waals surface area (Å²) in [4.78, 5) is 44.6. The second kappa shape index (κ2) is 8.99. The van der Waals surface area contributed by atoms with Crippen molar-refractivity contribution in [1.29, 1.82) is 0 Å². The molecule has 1 amide bonds. The van der Waals surface area contributed by atoms with Crippen molar-refractivity contribution in [3.63, 3.8) is 0 Å². The molecule has 0 bridgehead atoms. The molecule has 0 aliphatic carbocycles. The van der Waals surface area contributed by atoms with Crippen LogP contribution < -0.4 is 4.90 Å². The molecule has 0 unspecified atom stereocenters. The van der Waals surface area contributed by atoms with E-state index in [0.29, 0.717) is 16.8 Å². The minimum Gasteiger partial charge on any atom is -0.507 e. The molecule has 1 aromatic heterocycles. The van der Waals surface area contributed by atoms with Gasteiger partial charge in [-0.25, -0.2) is 9.78 Å². The fourth-order valence-electron chi connectivity index (χ4n) is 3.72. The predicted octanol–water partition coefficient (Wildman–Crippen LogP) is 4.56. The topological polar surface area (TPSA) is 96.8 Å². The standard InChI is InChI=1S/C25H22N2O5S/c1-4-32-24(31)22-15(3)26-25(33-22)27-19(16-8-6-5-7-9-16)18(21(29)23(27)30)20(28)17-12-10-14(2)11-13-17/h5-13,19,28H,4H2,1-3H3/b20-18+/t19-/m1/s1. The summed E-state index contributed by atoms with van der Waals surface area (Å²) in [5.41, 5.74) is 2.44. The van der Waals surface area contributed by atoms with Gasteiger partial charge in [0.15, 0.2) is 5.13 Å². The fraction of sp³-hybridized carbons (Fsp3) is 0.200. The van der Waals surface area contributed by atoms with Crippen LogP contribution in [0.25, 0.3) is 5.76 Å². The third-order valence-electron chi connectivity index (χ3n) is 5.34. The van der Waals surface area contributed by atoms with E-state index in [2.05, 4.69) is 4.98 Å². The zero-order chi connectivity index (χ0) is 23.7. The van der Waals surface area contributed by atoms with Gasteiger partial charge in [0, 0.05) is 5.56 Å². The number of aromatic nitrogens is 1. The van der Waals surface area contributed by atoms with E-state index in [9.17, 15) is 19.5 Å². The summed E-state index contributed by atoms with van der Waals surface area (Å²) in [6, 6.07) is 15.1. The molecule has 1 saturated heterocycles. The average molecular weight is 463 g/mol. The molecule has 3 aromatic rings. The fourth-order valence-corrected chi connectivity index (χ4v) is 4.71. The van der Waals surface area contributed by atoms with Crippen molar-refractivity contribution in [2.24, 2.45) is 0 Å². The molecule has 2 heterocycles. The first kappa shape index (κ1) is 22.4. The van der Waals surface area contributed by atoms with Crippen molar-refractivity contribution in [3.8, 4) is 0 Å². The lowest BCUT2D eigenvalue weighted by atomic mass is 9.95. The second-order valence-corrected chi connectivity index (χ2v) is 8.55. The van der Waals surface area contributed by atoms with Crippen LogP contribution in [0.1, 0.15) is 45.0 Å². The molecule has 0 spiro atoms. The number of esters is 1. The van der Waals surface area contributed by atoms with Crippen LogP contribution in [0, 0.1) is 13.8 Å². The van der Waals surface area contributed by atoms with Gasteiger partial charge in [-0.15, -0.1) is 0 Å². The lowest BCUT2D eigenvalue weighted by Crippen LogP contribution is -2.29. The Morgan fingerprint density at radius 2 is 1.76 bits per heavy atom. The number of carbonyl (C=O) groups excluding carboxylic acids is 3. The minimum atomic E-state index is -0.895. The SMILES string of the molecule is CCOC(=O)c1sc(N2C(=O)C(=O)/C(=C(/O)c3ccc(C)cc3)[C@H]2c2ccccc2)nc1C. The normalized spacial score (nSPS) is 17.4. The van der Waals surface area contributed by atoms with E-state index in [4.69, 9.17) is 4.74 Å². The number of amides is 1. The number of aliphatic hydroxyl groups is 1. The number of hydrogen-bond donors (Lipinski definition) is 1. The molecular weight excluding hydrogens is 440 g/mol. The molecule has 1 fully saturated rings. The Bertz CT molecular complexity index is 1260. The molecule has 1 N–H and O–H groups in total. The third-order valence-corrected chi connectivity index (χ3v) is 6.47. The summed E-state index contributed by atoms with van der Waals surface area (Å²) in [5.74, 6) is -2.43. The van der Waals surface area contributed by atoms with E-state index in [-0.39, 0.29) is 27.9 Å². The van der Waals surface area contributed by atoms with E-state index in [1.165, 1.54) is 4.90 Å². The molecule has 0 saturated carbocycles. The van der Waals surface area contributed by atoms with Crippen LogP contribution in [-0.2, 0) is 14.3 Å². The Hall–Kier alpha value is -3.78. The van der Waals surface area contributed by atoms with E-state index in [0.717, 1.165) is 16.9 Å². The van der Waals surface area contributed by atoms with Gasteiger partial charge in [0.05, 0.1) is 23.9 Å². The molecular formula is C25H22N2O5S. The summed E-state index contributed by atoms with van der Waals surface area (Å²) in [7, 11) is 0. The van der Waals surface area contributed by atoms with Gasteiger partial charge in [0.25, 0.3) is 5.78 Å². The Balaban J connectivity index is 1.89. The molecule has 1 atom stereocenters. The van der Waals surface area contributed by atoms with Crippen molar-refractivity contribution in [1.82, 2.24) is 4.98 Å². The van der Waals surface area contributed by atoms with Crippen LogP contribution in [0.4, 0.5) is 5.13 Å². The molecule has 1 aliphatic rings. The number of carbonyl (C=O) groups is 3. The highest BCUT2D eigenvalue weighted by atomic mass is 32.1. The quantitative estimate of drug-likeness (QED) is 0.258. The predicted molar refractivity (Wildman–Crippen MR) is 125 cm³/mol. The number of rotatable bonds is 5. The van der Waals surface area contributed by atoms with Crippen LogP contribution in [0.3, 0.4) is 0 Å². The number of thiazole rings is 1. The van der Waals surface area contributed by atoms with Crippen LogP contribution in [0.5, 0.6) is 0 Å². The van der Waals surface area contributed by atoms with Crippen molar-refractivity contribution in [2.45, 2.75) is 26.8 Å². The van der Waals surface area contributed by atoms with Crippen molar-refractivity contribution < 1.29 is 24.2 Å². The lowest BCUT2D eigenvalue weighted by molar-refractivity contribution is -0.132. The Morgan fingerprint density at radius 3 is 2.39 bits per heavy atom. The van der Waals surface area contributed by atoms with Crippen molar-refractivity contribution in [3.05, 3.63) is 87.4 Å². The van der Waals surface area contributed by atoms with Crippen molar-refractivity contribution >= 4 is 39.9 Å². The largest absolute Gasteiger partial charge is 0.507 e. The van der Waals surface area contributed by atoms with E-state index < -0.39 is 23.7 Å². The number of nitrogens with zero attached hydrogens (tertiary/aromatic N) is 2. The highest BCUT2D eigenvalue weighted by Gasteiger charge is 2.48. The summed E-state index contributed by atoms with van der Waals surface area (Å²) in [6.07, 6.45) is 0. The zero-order valence-electron chi connectivity index (χ0n) is 18.4. The van der Waals surface area contributed by atoms with Crippen LogP contribution in [-0.4, -0.2) is 34.4 Å². The first-order valence-electron chi connectivity index (χ1n) is 10.4. The Labute approximate surface area is 195 Å². The van der Waals surface area contributed by atoms with Crippen LogP contribution in [0.2, 0.25) is 0 Å². The van der Waals surface area contributed by atoms with Gasteiger partial charge < -0.3 is 9.84 Å². The maximum Gasteiger partial charge on any atom is 0.350 e. The van der Waals surface area contributed by atoms with Gasteiger partial charge in [0.1, 0.15) is 10.6 Å². The van der Waals surface area contributed by atoms with Crippen LogP contribution >= 0.6 is 11.3 Å². The number of aryl methyl sites for hydroxylation is 2. The minimum absolute atomic E-state index is 0.0272. The Morgan fingerprint density at radius 1 is 1.09 bits per heavy atom. The molecule has 8 heteroatoms. The molecule has 168 valence electrons. The summed E-state index contributed by atoms with van der Waals surface area (Å²) in [5, 5.41) is 11.3. The third kappa shape index (κ3) is 4.05. The maximum atomic E-state index is 13.2. The van der Waals surface area contributed by atoms with Gasteiger partial charge in [-0.3, -0.25) is 14.5 Å². The molecule has 1 aliphatic heterocycles. The van der Waals surface area contributed by atoms with Crippen LogP contribution in [0.15, 0.2) is 60.2 Å².